The molecule has 4 rings (SSSR count). The SMILES string of the molecule is CC(C)(C)c1cn(C(C)(C)C)nn1.CC(C)C#Cc1ccc(C(C)C)cc1.CC(C)c1ccc(C(C)C)cc1.CCC.Cn1nnc(C(C)(C)C)n1. The van der Waals surface area contributed by atoms with E-state index in [1.165, 1.54) is 27.9 Å². The molecule has 7 nitrogen and oxygen atoms in total. The highest BCUT2D eigenvalue weighted by molar-refractivity contribution is 5.37. The van der Waals surface area contributed by atoms with Gasteiger partial charge in [0, 0.05) is 28.5 Å². The van der Waals surface area contributed by atoms with Crippen LogP contribution in [0.5, 0.6) is 0 Å². The average Bonchev–Trinajstić information content (AvgIpc) is 3.72. The predicted octanol–water partition coefficient (Wildman–Crippen LogP) is 12.0. The summed E-state index contributed by atoms with van der Waals surface area (Å²) in [5, 5.41) is 20.0. The van der Waals surface area contributed by atoms with E-state index in [1.54, 1.807) is 7.05 Å². The summed E-state index contributed by atoms with van der Waals surface area (Å²) in [5.41, 5.74) is 6.51. The minimum absolute atomic E-state index is 0.00819. The highest BCUT2D eigenvalue weighted by atomic mass is 15.6. The van der Waals surface area contributed by atoms with Crippen LogP contribution in [0.2, 0.25) is 0 Å². The van der Waals surface area contributed by atoms with E-state index < -0.39 is 0 Å². The second-order valence-corrected chi connectivity index (χ2v) is 17.7. The molecular formula is C45H75N7. The van der Waals surface area contributed by atoms with Gasteiger partial charge in [-0.15, -0.1) is 15.3 Å². The van der Waals surface area contributed by atoms with Crippen molar-refractivity contribution in [2.24, 2.45) is 13.0 Å². The Balaban J connectivity index is 0.000000653. The lowest BCUT2D eigenvalue weighted by atomic mass is 9.93. The van der Waals surface area contributed by atoms with Crippen molar-refractivity contribution in [3.63, 3.8) is 0 Å². The summed E-state index contributed by atoms with van der Waals surface area (Å²) in [5.74, 6) is 9.44. The first-order valence-corrected chi connectivity index (χ1v) is 19.2. The number of hydrogen-bond acceptors (Lipinski definition) is 5. The molecule has 0 aliphatic carbocycles. The number of nitrogens with zero attached hydrogens (tertiary/aromatic N) is 7. The van der Waals surface area contributed by atoms with Crippen molar-refractivity contribution in [3.8, 4) is 11.8 Å². The zero-order valence-corrected chi connectivity index (χ0v) is 36.8. The van der Waals surface area contributed by atoms with E-state index in [0.29, 0.717) is 23.7 Å². The third-order valence-electron chi connectivity index (χ3n) is 7.48. The Hall–Kier alpha value is -3.79. The van der Waals surface area contributed by atoms with E-state index in [0.717, 1.165) is 17.1 Å². The second kappa shape index (κ2) is 22.3. The monoisotopic (exact) mass is 714 g/mol. The van der Waals surface area contributed by atoms with Crippen LogP contribution >= 0.6 is 0 Å². The van der Waals surface area contributed by atoms with Gasteiger partial charge in [-0.1, -0.05) is 171 Å². The van der Waals surface area contributed by atoms with Gasteiger partial charge in [0.2, 0.25) is 0 Å². The molecule has 2 aromatic heterocycles. The van der Waals surface area contributed by atoms with Crippen LogP contribution in [0.4, 0.5) is 0 Å². The first kappa shape index (κ1) is 48.2. The minimum atomic E-state index is 0.00819. The van der Waals surface area contributed by atoms with Crippen molar-refractivity contribution in [2.75, 3.05) is 0 Å². The Bertz CT molecular complexity index is 1520. The molecule has 7 heteroatoms. The van der Waals surface area contributed by atoms with Crippen LogP contribution in [-0.4, -0.2) is 35.2 Å². The van der Waals surface area contributed by atoms with E-state index >= 15 is 0 Å². The van der Waals surface area contributed by atoms with Gasteiger partial charge in [-0.05, 0) is 72.6 Å². The van der Waals surface area contributed by atoms with E-state index in [9.17, 15) is 0 Å². The lowest BCUT2D eigenvalue weighted by Gasteiger charge is -2.18. The van der Waals surface area contributed by atoms with E-state index in [1.807, 2.05) is 10.9 Å². The third-order valence-corrected chi connectivity index (χ3v) is 7.48. The second-order valence-electron chi connectivity index (χ2n) is 17.7. The van der Waals surface area contributed by atoms with E-state index in [4.69, 9.17) is 0 Å². The third kappa shape index (κ3) is 19.7. The molecule has 0 saturated carbocycles. The lowest BCUT2D eigenvalue weighted by Crippen LogP contribution is -2.22. The van der Waals surface area contributed by atoms with Crippen LogP contribution in [0.1, 0.15) is 189 Å². The Labute approximate surface area is 319 Å². The van der Waals surface area contributed by atoms with Crippen LogP contribution in [0.25, 0.3) is 0 Å². The predicted molar refractivity (Wildman–Crippen MR) is 224 cm³/mol. The number of hydrogen-bond donors (Lipinski definition) is 0. The number of rotatable bonds is 3. The molecule has 0 saturated heterocycles. The van der Waals surface area contributed by atoms with Crippen molar-refractivity contribution >= 4 is 0 Å². The molecule has 2 aromatic carbocycles. The van der Waals surface area contributed by atoms with Gasteiger partial charge in [0.15, 0.2) is 5.82 Å². The zero-order chi connectivity index (χ0) is 40.4. The average molecular weight is 714 g/mol. The van der Waals surface area contributed by atoms with Crippen LogP contribution < -0.4 is 0 Å². The van der Waals surface area contributed by atoms with Gasteiger partial charge in [0.1, 0.15) is 0 Å². The largest absolute Gasteiger partial charge is 0.247 e. The molecule has 0 spiro atoms. The molecule has 0 aliphatic heterocycles. The van der Waals surface area contributed by atoms with Gasteiger partial charge in [-0.25, -0.2) is 4.68 Å². The van der Waals surface area contributed by atoms with Crippen LogP contribution in [0.15, 0.2) is 54.7 Å². The molecule has 0 unspecified atom stereocenters. The molecule has 0 atom stereocenters. The van der Waals surface area contributed by atoms with Crippen LogP contribution in [0, 0.1) is 17.8 Å². The minimum Gasteiger partial charge on any atom is -0.247 e. The standard InChI is InChI=1S/C14H18.C12H18.C10H19N3.C6H12N4.C3H8/c1-11(2)5-6-13-7-9-14(10-8-13)12(3)4;1-9(2)11-5-7-12(8-6-11)10(3)4;1-9(2,3)8-7-13(12-11-8)10(4,5)6;1-6(2,3)5-7-9-10(4)8-5;1-3-2/h7-12H,1-4H3;5-10H,1-4H3;7H,1-6H3;1-4H3;3H2,1-2H3. The number of aryl methyl sites for hydroxylation is 1. The summed E-state index contributed by atoms with van der Waals surface area (Å²) in [7, 11) is 1.77. The number of benzene rings is 2. The maximum atomic E-state index is 4.17. The number of tetrazole rings is 1. The quantitative estimate of drug-likeness (QED) is 0.198. The molecule has 0 radical (unpaired) electrons. The van der Waals surface area contributed by atoms with Gasteiger partial charge < -0.3 is 0 Å². The summed E-state index contributed by atoms with van der Waals surface area (Å²) in [6.07, 6.45) is 3.28. The van der Waals surface area contributed by atoms with Gasteiger partial charge in [0.25, 0.3) is 0 Å². The molecule has 0 aliphatic rings. The van der Waals surface area contributed by atoms with Crippen molar-refractivity contribution in [2.45, 2.75) is 172 Å². The maximum absolute atomic E-state index is 4.17. The molecular weight excluding hydrogens is 639 g/mol. The fraction of sp³-hybridized carbons (Fsp3) is 0.622. The fourth-order valence-electron chi connectivity index (χ4n) is 3.96. The normalized spacial score (nSPS) is 11.3. The maximum Gasteiger partial charge on any atom is 0.180 e. The Morgan fingerprint density at radius 1 is 0.596 bits per heavy atom. The highest BCUT2D eigenvalue weighted by Gasteiger charge is 2.21. The molecule has 0 amide bonds. The van der Waals surface area contributed by atoms with Crippen molar-refractivity contribution < 1.29 is 0 Å². The van der Waals surface area contributed by atoms with Crippen LogP contribution in [-0.2, 0) is 23.4 Å². The summed E-state index contributed by atoms with van der Waals surface area (Å²) < 4.78 is 1.91. The molecule has 2 heterocycles. The van der Waals surface area contributed by atoms with Gasteiger partial charge in [0.05, 0.1) is 18.3 Å². The van der Waals surface area contributed by atoms with E-state index in [-0.39, 0.29) is 16.4 Å². The molecule has 4 aromatic rings. The number of aromatic nitrogens is 7. The Kier molecular flexibility index (Phi) is 20.7. The van der Waals surface area contributed by atoms with Crippen molar-refractivity contribution in [1.82, 2.24) is 35.2 Å². The molecule has 0 bridgehead atoms. The molecule has 0 fully saturated rings. The highest BCUT2D eigenvalue weighted by Crippen LogP contribution is 2.22. The smallest absolute Gasteiger partial charge is 0.180 e. The topological polar surface area (TPSA) is 74.3 Å². The first-order chi connectivity index (χ1) is 23.8. The summed E-state index contributed by atoms with van der Waals surface area (Å²) >= 11 is 0. The lowest BCUT2D eigenvalue weighted by molar-refractivity contribution is 0.346. The van der Waals surface area contributed by atoms with Crippen molar-refractivity contribution in [1.29, 1.82) is 0 Å². The van der Waals surface area contributed by atoms with Gasteiger partial charge in [-0.2, -0.15) is 4.80 Å². The summed E-state index contributed by atoms with van der Waals surface area (Å²) in [4.78, 5) is 1.47. The Morgan fingerprint density at radius 2 is 1.00 bits per heavy atom. The fourth-order valence-corrected chi connectivity index (χ4v) is 3.96. The zero-order valence-electron chi connectivity index (χ0n) is 36.8. The Morgan fingerprint density at radius 3 is 1.23 bits per heavy atom. The van der Waals surface area contributed by atoms with Gasteiger partial charge in [-0.3, -0.25) is 0 Å². The summed E-state index contributed by atoms with van der Waals surface area (Å²) in [6, 6.07) is 17.5. The molecule has 52 heavy (non-hydrogen) atoms. The molecule has 0 N–H and O–H groups in total. The molecule has 290 valence electrons. The van der Waals surface area contributed by atoms with E-state index in [2.05, 4.69) is 218 Å². The van der Waals surface area contributed by atoms with Crippen molar-refractivity contribution in [3.05, 3.63) is 88.5 Å². The van der Waals surface area contributed by atoms with Crippen LogP contribution in [0.3, 0.4) is 0 Å². The summed E-state index contributed by atoms with van der Waals surface area (Å²) in [6.45, 7) is 40.7. The van der Waals surface area contributed by atoms with Gasteiger partial charge >= 0.3 is 0 Å². The first-order valence-electron chi connectivity index (χ1n) is 19.2.